The minimum Gasteiger partial charge on any atom is -0.506 e. The molecule has 0 amide bonds. The molecule has 0 bridgehead atoms. The summed E-state index contributed by atoms with van der Waals surface area (Å²) in [7, 11) is 0. The maximum absolute atomic E-state index is 12.8. The first-order valence-electron chi connectivity index (χ1n) is 8.20. The van der Waals surface area contributed by atoms with Crippen LogP contribution in [0.3, 0.4) is 0 Å². The number of hydrogen-bond acceptors (Lipinski definition) is 5. The molecule has 1 aliphatic heterocycles. The Kier molecular flexibility index (Phi) is 4.98. The molecule has 1 unspecified atom stereocenters. The van der Waals surface area contributed by atoms with Gasteiger partial charge in [-0.1, -0.05) is 24.3 Å². The molecule has 1 atom stereocenters. The number of phenols is 2. The zero-order valence-electron chi connectivity index (χ0n) is 14.1. The van der Waals surface area contributed by atoms with E-state index in [1.807, 2.05) is 0 Å². The van der Waals surface area contributed by atoms with Crippen LogP contribution in [0.25, 0.3) is 0 Å². The van der Waals surface area contributed by atoms with E-state index in [-0.39, 0.29) is 35.6 Å². The molecule has 3 N–H and O–H groups in total. The fourth-order valence-electron chi connectivity index (χ4n) is 2.94. The van der Waals surface area contributed by atoms with E-state index >= 15 is 0 Å². The van der Waals surface area contributed by atoms with Gasteiger partial charge in [0.25, 0.3) is 5.78 Å². The predicted octanol–water partition coefficient (Wildman–Crippen LogP) is 4.15. The molecule has 0 aromatic heterocycles. The average Bonchev–Trinajstić information content (AvgIpc) is 2.63. The molecule has 0 saturated carbocycles. The molecule has 142 valence electrons. The Labute approximate surface area is 153 Å². The number of hydrogen-bond donors (Lipinski definition) is 3. The molecule has 0 spiro atoms. The van der Waals surface area contributed by atoms with E-state index in [9.17, 15) is 28.2 Å². The van der Waals surface area contributed by atoms with Crippen LogP contribution in [0.1, 0.15) is 12.8 Å². The number of benzene rings is 2. The van der Waals surface area contributed by atoms with Gasteiger partial charge in [-0.15, -0.1) is 0 Å². The molecule has 1 heterocycles. The van der Waals surface area contributed by atoms with Gasteiger partial charge < -0.3 is 20.4 Å². The Morgan fingerprint density at radius 2 is 1.67 bits per heavy atom. The average molecular weight is 378 g/mol. The van der Waals surface area contributed by atoms with Gasteiger partial charge in [-0.2, -0.15) is 13.2 Å². The third-order valence-corrected chi connectivity index (χ3v) is 4.25. The van der Waals surface area contributed by atoms with Crippen molar-refractivity contribution in [2.24, 2.45) is 0 Å². The normalized spacial score (nSPS) is 17.4. The summed E-state index contributed by atoms with van der Waals surface area (Å²) in [6.45, 7) is 0. The van der Waals surface area contributed by atoms with Gasteiger partial charge in [-0.05, 0) is 37.1 Å². The van der Waals surface area contributed by atoms with Gasteiger partial charge in [0.2, 0.25) is 0 Å². The van der Waals surface area contributed by atoms with Crippen LogP contribution in [-0.2, 0) is 4.79 Å². The number of ketones is 1. The van der Waals surface area contributed by atoms with Crippen LogP contribution in [0.5, 0.6) is 11.5 Å². The number of para-hydroxylation sites is 4. The Morgan fingerprint density at radius 1 is 1.04 bits per heavy atom. The summed E-state index contributed by atoms with van der Waals surface area (Å²) < 4.78 is 38.5. The van der Waals surface area contributed by atoms with Gasteiger partial charge in [0, 0.05) is 11.8 Å². The third kappa shape index (κ3) is 3.99. The van der Waals surface area contributed by atoms with Crippen molar-refractivity contribution >= 4 is 17.2 Å². The Morgan fingerprint density at radius 3 is 2.30 bits per heavy atom. The molecular formula is C19H17F3N2O3. The quantitative estimate of drug-likeness (QED) is 0.697. The minimum absolute atomic E-state index is 0.0177. The lowest BCUT2D eigenvalue weighted by Gasteiger charge is -2.36. The lowest BCUT2D eigenvalue weighted by atomic mass is 9.99. The van der Waals surface area contributed by atoms with Crippen molar-refractivity contribution in [2.75, 3.05) is 10.2 Å². The highest BCUT2D eigenvalue weighted by molar-refractivity contribution is 6.00. The van der Waals surface area contributed by atoms with Crippen molar-refractivity contribution < 1.29 is 28.2 Å². The van der Waals surface area contributed by atoms with E-state index in [2.05, 4.69) is 5.32 Å². The lowest BCUT2D eigenvalue weighted by Crippen LogP contribution is -2.42. The van der Waals surface area contributed by atoms with E-state index in [1.54, 1.807) is 30.3 Å². The monoisotopic (exact) mass is 378 g/mol. The number of Topliss-reactive ketones (excluding diaryl/α,β-unsaturated/α-hetero) is 1. The van der Waals surface area contributed by atoms with E-state index < -0.39 is 18.1 Å². The lowest BCUT2D eigenvalue weighted by molar-refractivity contribution is -0.166. The first kappa shape index (κ1) is 18.6. The smallest absolute Gasteiger partial charge is 0.454 e. The van der Waals surface area contributed by atoms with E-state index in [0.29, 0.717) is 5.69 Å². The number of allylic oxidation sites excluding steroid dienone is 1. The van der Waals surface area contributed by atoms with Crippen LogP contribution in [0.2, 0.25) is 0 Å². The Balaban J connectivity index is 1.99. The van der Waals surface area contributed by atoms with Crippen molar-refractivity contribution in [2.45, 2.75) is 25.2 Å². The Hall–Kier alpha value is -3.16. The zero-order chi connectivity index (χ0) is 19.6. The zero-order valence-corrected chi connectivity index (χ0v) is 14.1. The van der Waals surface area contributed by atoms with Crippen LogP contribution in [0, 0.1) is 0 Å². The van der Waals surface area contributed by atoms with E-state index in [4.69, 9.17) is 0 Å². The fraction of sp³-hybridized carbons (Fsp3) is 0.211. The SMILES string of the molecule is O=C(C1=CN(c2ccccc2O)C(Nc2ccccc2O)CC1)C(F)(F)F. The summed E-state index contributed by atoms with van der Waals surface area (Å²) in [6, 6.07) is 12.6. The first-order valence-corrected chi connectivity index (χ1v) is 8.20. The highest BCUT2D eigenvalue weighted by Crippen LogP contribution is 2.36. The van der Waals surface area contributed by atoms with Gasteiger partial charge >= 0.3 is 6.18 Å². The van der Waals surface area contributed by atoms with Crippen molar-refractivity contribution in [3.63, 3.8) is 0 Å². The maximum atomic E-state index is 12.8. The van der Waals surface area contributed by atoms with Crippen molar-refractivity contribution in [1.29, 1.82) is 0 Å². The minimum atomic E-state index is -4.96. The van der Waals surface area contributed by atoms with Gasteiger partial charge in [0.05, 0.1) is 11.4 Å². The predicted molar refractivity (Wildman–Crippen MR) is 94.5 cm³/mol. The van der Waals surface area contributed by atoms with Crippen molar-refractivity contribution in [3.8, 4) is 11.5 Å². The van der Waals surface area contributed by atoms with Crippen LogP contribution in [0.4, 0.5) is 24.5 Å². The topological polar surface area (TPSA) is 72.8 Å². The standard InChI is InChI=1S/C19H17F3N2O3/c20-19(21,22)18(27)12-9-10-17(23-13-5-1-3-7-15(13)25)24(11-12)14-6-2-4-8-16(14)26/h1-8,11,17,23,25-26H,9-10H2. The van der Waals surface area contributed by atoms with Crippen LogP contribution in [0.15, 0.2) is 60.3 Å². The number of carbonyl (C=O) groups is 1. The number of anilines is 2. The maximum Gasteiger partial charge on any atom is 0.454 e. The fourth-order valence-corrected chi connectivity index (χ4v) is 2.94. The molecule has 8 heteroatoms. The van der Waals surface area contributed by atoms with Gasteiger partial charge in [0.15, 0.2) is 0 Å². The number of rotatable bonds is 4. The summed E-state index contributed by atoms with van der Waals surface area (Å²) in [4.78, 5) is 13.0. The Bertz CT molecular complexity index is 880. The second-order valence-corrected chi connectivity index (χ2v) is 6.09. The van der Waals surface area contributed by atoms with E-state index in [1.165, 1.54) is 23.1 Å². The number of halogens is 3. The summed E-state index contributed by atoms with van der Waals surface area (Å²) in [5, 5.41) is 23.1. The summed E-state index contributed by atoms with van der Waals surface area (Å²) >= 11 is 0. The third-order valence-electron chi connectivity index (χ3n) is 4.25. The molecule has 0 fully saturated rings. The van der Waals surface area contributed by atoms with E-state index in [0.717, 1.165) is 6.20 Å². The highest BCUT2D eigenvalue weighted by atomic mass is 19.4. The van der Waals surface area contributed by atoms with Crippen LogP contribution < -0.4 is 10.2 Å². The molecule has 0 radical (unpaired) electrons. The van der Waals surface area contributed by atoms with Crippen LogP contribution >= 0.6 is 0 Å². The largest absolute Gasteiger partial charge is 0.506 e. The molecular weight excluding hydrogens is 361 g/mol. The molecule has 0 saturated heterocycles. The number of nitrogens with one attached hydrogen (secondary N) is 1. The number of carbonyl (C=O) groups excluding carboxylic acids is 1. The van der Waals surface area contributed by atoms with Gasteiger partial charge in [-0.25, -0.2) is 0 Å². The molecule has 2 aromatic rings. The van der Waals surface area contributed by atoms with Crippen molar-refractivity contribution in [3.05, 3.63) is 60.3 Å². The molecule has 1 aliphatic rings. The van der Waals surface area contributed by atoms with Crippen LogP contribution in [-0.4, -0.2) is 28.3 Å². The molecule has 3 rings (SSSR count). The van der Waals surface area contributed by atoms with Gasteiger partial charge in [0.1, 0.15) is 17.7 Å². The molecule has 5 nitrogen and oxygen atoms in total. The second-order valence-electron chi connectivity index (χ2n) is 6.09. The molecule has 27 heavy (non-hydrogen) atoms. The number of alkyl halides is 3. The summed E-state index contributed by atoms with van der Waals surface area (Å²) in [5.74, 6) is -2.06. The number of phenolic OH excluding ortho intramolecular Hbond substituents is 2. The summed E-state index contributed by atoms with van der Waals surface area (Å²) in [5.41, 5.74) is 0.251. The molecule has 0 aliphatic carbocycles. The van der Waals surface area contributed by atoms with Gasteiger partial charge in [-0.3, -0.25) is 4.79 Å². The second kappa shape index (κ2) is 7.22. The highest BCUT2D eigenvalue weighted by Gasteiger charge is 2.42. The summed E-state index contributed by atoms with van der Waals surface area (Å²) in [6.07, 6.45) is -4.36. The van der Waals surface area contributed by atoms with Crippen molar-refractivity contribution in [1.82, 2.24) is 0 Å². The number of nitrogens with zero attached hydrogens (tertiary/aromatic N) is 1. The number of aromatic hydroxyl groups is 2. The molecule has 2 aromatic carbocycles. The first-order chi connectivity index (χ1) is 12.8.